The van der Waals surface area contributed by atoms with Gasteiger partial charge in [0.25, 0.3) is 0 Å². The molecule has 1 aromatic heterocycles. The fourth-order valence-electron chi connectivity index (χ4n) is 24.6. The lowest BCUT2D eigenvalue weighted by atomic mass is 9.53. The van der Waals surface area contributed by atoms with Crippen molar-refractivity contribution < 1.29 is 4.84 Å². The molecule has 2 heterocycles. The average molecular weight is 846 g/mol. The number of nitrogens with zero attached hydrogens (tertiary/aromatic N) is 1. The summed E-state index contributed by atoms with van der Waals surface area (Å²) in [6, 6.07) is 4.66. The highest BCUT2D eigenvalue weighted by atomic mass is 32.1. The van der Waals surface area contributed by atoms with Crippen LogP contribution < -0.4 is 0 Å². The molecule has 280 valence electrons. The highest BCUT2D eigenvalue weighted by Crippen LogP contribution is 2.85. The van der Waals surface area contributed by atoms with Gasteiger partial charge in [0.2, 0.25) is 5.60 Å². The van der Waals surface area contributed by atoms with E-state index >= 15 is 0 Å². The molecule has 0 atom stereocenters. The SMILES string of the molecule is c1csc(C2=NOC34c5c6c7c8c9c%10c(c%11c%12c3c3c5c5c%13c6c6c7c7c9c9c%14c%10c%10c%11c%11c%12c%12c3c3c5c5c%13c%13c6c6c7c9c7c9c%14c%10c%10c%11c%11c%12c3c3c5c5c%13c6c7c6c9c%10c%11c3c56)C284)c1. The van der Waals surface area contributed by atoms with E-state index in [2.05, 4.69) is 17.5 Å². The quantitative estimate of drug-likeness (QED) is 0.151. The first-order valence-electron chi connectivity index (χ1n) is 25.0. The topological polar surface area (TPSA) is 21.6 Å². The number of hydrogen-bond donors (Lipinski definition) is 0. The summed E-state index contributed by atoms with van der Waals surface area (Å²) in [6.45, 7) is 0. The predicted octanol–water partition coefficient (Wildman–Crippen LogP) is 17.7. The van der Waals surface area contributed by atoms with E-state index in [4.69, 9.17) is 9.99 Å². The van der Waals surface area contributed by atoms with E-state index in [1.807, 2.05) is 11.3 Å². The van der Waals surface area contributed by atoms with E-state index in [9.17, 15) is 0 Å². The number of benzene rings is 18. The predicted molar refractivity (Wildman–Crippen MR) is 286 cm³/mol. The smallest absolute Gasteiger partial charge is 0.209 e. The molecule has 3 heteroatoms. The normalized spacial score (nSPS) is 22.7. The van der Waals surface area contributed by atoms with Gasteiger partial charge in [-0.2, -0.15) is 0 Å². The lowest BCUT2D eigenvalue weighted by Crippen LogP contribution is -2.54. The van der Waals surface area contributed by atoms with Crippen LogP contribution in [0.1, 0.15) is 27.1 Å². The fourth-order valence-corrected chi connectivity index (χ4v) is 25.3. The van der Waals surface area contributed by atoms with E-state index in [0.717, 1.165) is 0 Å². The van der Waals surface area contributed by atoms with Gasteiger partial charge in [-0.05, 0) is 313 Å². The molecule has 0 fully saturated rings. The highest BCUT2D eigenvalue weighted by Gasteiger charge is 2.76. The zero-order valence-electron chi connectivity index (χ0n) is 34.0. The van der Waals surface area contributed by atoms with Crippen LogP contribution in [0.4, 0.5) is 0 Å². The van der Waals surface area contributed by atoms with Gasteiger partial charge in [-0.25, -0.2) is 0 Å². The number of rotatable bonds is 1. The van der Waals surface area contributed by atoms with Crippen LogP contribution in [-0.2, 0) is 15.9 Å². The van der Waals surface area contributed by atoms with E-state index in [0.29, 0.717) is 0 Å². The van der Waals surface area contributed by atoms with Crippen molar-refractivity contribution in [3.8, 4) is 0 Å². The van der Waals surface area contributed by atoms with Gasteiger partial charge in [-0.3, -0.25) is 0 Å². The maximum absolute atomic E-state index is 8.07. The summed E-state index contributed by atoms with van der Waals surface area (Å²) in [5, 5.41) is 95.0. The number of hydrogen-bond acceptors (Lipinski definition) is 3. The number of thiophene rings is 1. The van der Waals surface area contributed by atoms with Crippen molar-refractivity contribution in [1.82, 2.24) is 0 Å². The highest BCUT2D eigenvalue weighted by molar-refractivity contribution is 7.12. The van der Waals surface area contributed by atoms with Crippen molar-refractivity contribution in [3.05, 3.63) is 44.6 Å². The van der Waals surface area contributed by atoms with Crippen LogP contribution in [0.15, 0.2) is 22.7 Å². The van der Waals surface area contributed by atoms with Crippen LogP contribution >= 0.6 is 11.3 Å². The summed E-state index contributed by atoms with van der Waals surface area (Å²) in [4.78, 5) is 9.35. The second-order valence-corrected chi connectivity index (χ2v) is 25.6. The minimum Gasteiger partial charge on any atom is -0.377 e. The molecule has 0 saturated carbocycles. The molecule has 5 aliphatic rings. The Balaban J connectivity index is 1.22. The van der Waals surface area contributed by atoms with Crippen LogP contribution in [0.3, 0.4) is 0 Å². The lowest BCUT2D eigenvalue weighted by molar-refractivity contribution is -0.0122. The molecule has 0 bridgehead atoms. The molecule has 2 nitrogen and oxygen atoms in total. The molecule has 0 radical (unpaired) electrons. The molecular formula is C65H3NOS. The van der Waals surface area contributed by atoms with Gasteiger partial charge >= 0.3 is 0 Å². The van der Waals surface area contributed by atoms with Gasteiger partial charge in [-0.15, -0.1) is 11.3 Å². The maximum Gasteiger partial charge on any atom is 0.209 e. The van der Waals surface area contributed by atoms with Gasteiger partial charge in [0.15, 0.2) is 0 Å². The molecule has 4 aliphatic carbocycles. The molecule has 0 amide bonds. The summed E-state index contributed by atoms with van der Waals surface area (Å²) >= 11 is 1.88. The van der Waals surface area contributed by atoms with Crippen molar-refractivity contribution in [1.29, 1.82) is 0 Å². The third-order valence-electron chi connectivity index (χ3n) is 24.6. The molecule has 1 aliphatic heterocycles. The van der Waals surface area contributed by atoms with E-state index in [1.54, 1.807) is 302 Å². The van der Waals surface area contributed by atoms with Gasteiger partial charge in [0, 0.05) is 11.1 Å². The summed E-state index contributed by atoms with van der Waals surface area (Å²) in [7, 11) is 0. The molecule has 2 spiro atoms. The molecule has 28 aromatic carbocycles. The Hall–Kier alpha value is -8.37. The zero-order valence-corrected chi connectivity index (χ0v) is 34.8. The minimum atomic E-state index is -0.808. The van der Waals surface area contributed by atoms with Crippen LogP contribution in [-0.4, -0.2) is 5.71 Å². The first-order chi connectivity index (χ1) is 33.9. The summed E-state index contributed by atoms with van der Waals surface area (Å²) in [5.41, 5.74) is 5.92. The van der Waals surface area contributed by atoms with Crippen molar-refractivity contribution in [2.75, 3.05) is 0 Å². The van der Waals surface area contributed by atoms with Gasteiger partial charge < -0.3 is 4.84 Å². The van der Waals surface area contributed by atoms with Crippen molar-refractivity contribution in [2.24, 2.45) is 5.16 Å². The Labute approximate surface area is 371 Å². The standard InChI is InChI=1S/C65H3NOS/c1-2-4(68-3-1)63-64-59-51-43-33-23-15-7-5-6-9-13-11(7)19-27-21(13)31-25-17(9)18-10(6)14-12-8(5)16(15)24-30-20(12)28-22(14)32-26(18)36-35(25)47-41(31)49-39(27)45(37(43)29(19)23)53(59)55(49)61-57(47)58-48(36)42(32)50-40(28)46-38(30)44(34(24)33)52(51)60(64)54(46)56(50)62(58)65(61,64)67-66-63/h1-3H. The van der Waals surface area contributed by atoms with Crippen molar-refractivity contribution >= 4 is 308 Å². The Morgan fingerprint density at radius 2 is 0.471 bits per heavy atom. The maximum atomic E-state index is 8.07. The largest absolute Gasteiger partial charge is 0.377 e. The van der Waals surface area contributed by atoms with Gasteiger partial charge in [-0.1, -0.05) is 11.2 Å². The zero-order chi connectivity index (χ0) is 39.9. The summed E-state index contributed by atoms with van der Waals surface area (Å²) < 4.78 is 0. The van der Waals surface area contributed by atoms with Crippen molar-refractivity contribution in [3.63, 3.8) is 0 Å². The molecule has 68 heavy (non-hydrogen) atoms. The molecule has 34 rings (SSSR count). The van der Waals surface area contributed by atoms with Gasteiger partial charge in [0.05, 0.1) is 4.88 Å². The van der Waals surface area contributed by atoms with E-state index in [1.165, 1.54) is 21.7 Å². The van der Waals surface area contributed by atoms with E-state index < -0.39 is 11.0 Å². The van der Waals surface area contributed by atoms with Crippen LogP contribution in [0.25, 0.3) is 291 Å². The molecule has 29 aromatic rings. The Morgan fingerprint density at radius 1 is 0.265 bits per heavy atom. The second-order valence-electron chi connectivity index (χ2n) is 24.7. The van der Waals surface area contributed by atoms with Crippen molar-refractivity contribution in [2.45, 2.75) is 11.0 Å². The Kier molecular flexibility index (Phi) is 1.94. The molecule has 0 saturated heterocycles. The fraction of sp³-hybridized carbons (Fsp3) is 0.0308. The monoisotopic (exact) mass is 845 g/mol. The third-order valence-corrected chi connectivity index (χ3v) is 25.5. The lowest BCUT2D eigenvalue weighted by Gasteiger charge is -2.47. The summed E-state index contributed by atoms with van der Waals surface area (Å²) in [6.07, 6.45) is 0. The minimum absolute atomic E-state index is 0.622. The van der Waals surface area contributed by atoms with Gasteiger partial charge in [0.1, 0.15) is 11.1 Å². The van der Waals surface area contributed by atoms with Crippen LogP contribution in [0.5, 0.6) is 0 Å². The molecular weight excluding hydrogens is 843 g/mol. The molecule has 0 unspecified atom stereocenters. The first-order valence-corrected chi connectivity index (χ1v) is 25.9. The molecule has 0 N–H and O–H groups in total. The Bertz CT molecular complexity index is 7170. The average Bonchev–Trinajstić information content (AvgIpc) is 4.26. The van der Waals surface area contributed by atoms with Crippen LogP contribution in [0, 0.1) is 0 Å². The second kappa shape index (κ2) is 5.42. The first kappa shape index (κ1) is 24.4. The van der Waals surface area contributed by atoms with Crippen LogP contribution in [0.2, 0.25) is 0 Å². The number of oxime groups is 1. The Morgan fingerprint density at radius 3 is 0.676 bits per heavy atom. The van der Waals surface area contributed by atoms with E-state index in [-0.39, 0.29) is 0 Å². The third kappa shape index (κ3) is 1.23. The summed E-state index contributed by atoms with van der Waals surface area (Å²) in [5.74, 6) is 0.